The van der Waals surface area contributed by atoms with Crippen LogP contribution < -0.4 is 10.3 Å². The zero-order chi connectivity index (χ0) is 22.1. The van der Waals surface area contributed by atoms with Crippen LogP contribution in [0.1, 0.15) is 31.8 Å². The molecule has 5 rings (SSSR count). The van der Waals surface area contributed by atoms with E-state index in [2.05, 4.69) is 33.1 Å². The van der Waals surface area contributed by atoms with Crippen LogP contribution in [-0.4, -0.2) is 18.0 Å². The highest BCUT2D eigenvalue weighted by atomic mass is 127. The summed E-state index contributed by atoms with van der Waals surface area (Å²) in [5, 5.41) is 6.12. The van der Waals surface area contributed by atoms with Crippen LogP contribution in [0.15, 0.2) is 90.0 Å². The Kier molecular flexibility index (Phi) is 5.45. The second-order valence-electron chi connectivity index (χ2n) is 7.49. The van der Waals surface area contributed by atoms with E-state index in [-0.39, 0.29) is 11.8 Å². The van der Waals surface area contributed by atoms with Crippen LogP contribution in [-0.2, 0) is 6.54 Å². The van der Waals surface area contributed by atoms with Crippen molar-refractivity contribution in [2.45, 2.75) is 6.54 Å². The normalized spacial score (nSPS) is 12.7. The molecule has 0 aliphatic carbocycles. The molecule has 1 aliphatic heterocycles. The summed E-state index contributed by atoms with van der Waals surface area (Å²) in [6.45, 7) is 0.444. The number of hydrogen-bond donors (Lipinski definition) is 1. The number of benzene rings is 4. The predicted octanol–water partition coefficient (Wildman–Crippen LogP) is 5.37. The summed E-state index contributed by atoms with van der Waals surface area (Å²) in [5.41, 5.74) is 6.62. The number of nitrogens with zero attached hydrogens (tertiary/aromatic N) is 2. The second kappa shape index (κ2) is 8.55. The highest BCUT2D eigenvalue weighted by Gasteiger charge is 2.29. The van der Waals surface area contributed by atoms with Gasteiger partial charge in [0.15, 0.2) is 0 Å². The first-order chi connectivity index (χ1) is 15.6. The molecule has 0 atom stereocenters. The van der Waals surface area contributed by atoms with Crippen LogP contribution in [0.5, 0.6) is 0 Å². The van der Waals surface area contributed by atoms with Crippen LogP contribution >= 0.6 is 22.6 Å². The molecule has 4 aromatic carbocycles. The molecule has 156 valence electrons. The Bertz CT molecular complexity index is 1370. The fraction of sp³-hybridized carbons (Fsp3) is 0.0385. The summed E-state index contributed by atoms with van der Waals surface area (Å²) in [4.78, 5) is 27.2. The first kappa shape index (κ1) is 20.4. The Morgan fingerprint density at radius 1 is 0.938 bits per heavy atom. The standard InChI is InChI=1S/C26H18IN3O2/c27-22-9-2-1-5-20(22)15-28-29-25(31)19-13-11-17(12-14-19)16-30-23-10-4-7-18-6-3-8-21(24(18)23)26(30)32/h1-15H,16H2,(H,29,31). The number of hydrazone groups is 1. The summed E-state index contributed by atoms with van der Waals surface area (Å²) >= 11 is 2.22. The van der Waals surface area contributed by atoms with Gasteiger partial charge in [0.05, 0.1) is 18.4 Å². The average molecular weight is 531 g/mol. The van der Waals surface area contributed by atoms with Crippen LogP contribution in [0, 0.1) is 3.57 Å². The minimum Gasteiger partial charge on any atom is -0.303 e. The highest BCUT2D eigenvalue weighted by Crippen LogP contribution is 2.37. The highest BCUT2D eigenvalue weighted by molar-refractivity contribution is 14.1. The van der Waals surface area contributed by atoms with E-state index in [1.807, 2.05) is 72.8 Å². The molecule has 0 radical (unpaired) electrons. The van der Waals surface area contributed by atoms with Crippen molar-refractivity contribution >= 4 is 57.1 Å². The number of amides is 2. The molecule has 1 heterocycles. The van der Waals surface area contributed by atoms with Crippen LogP contribution in [0.2, 0.25) is 0 Å². The fourth-order valence-electron chi connectivity index (χ4n) is 3.89. The zero-order valence-corrected chi connectivity index (χ0v) is 19.1. The van der Waals surface area contributed by atoms with Gasteiger partial charge in [0.2, 0.25) is 0 Å². The molecule has 32 heavy (non-hydrogen) atoms. The maximum absolute atomic E-state index is 13.0. The Labute approximate surface area is 198 Å². The molecular formula is C26H18IN3O2. The topological polar surface area (TPSA) is 61.8 Å². The first-order valence-electron chi connectivity index (χ1n) is 10.1. The first-order valence-corrected chi connectivity index (χ1v) is 11.2. The minimum atomic E-state index is -0.284. The van der Waals surface area contributed by atoms with E-state index in [1.165, 1.54) is 0 Å². The molecule has 0 saturated heterocycles. The summed E-state index contributed by atoms with van der Waals surface area (Å²) in [6.07, 6.45) is 1.63. The summed E-state index contributed by atoms with van der Waals surface area (Å²) in [6, 6.07) is 26.8. The molecule has 0 bridgehead atoms. The van der Waals surface area contributed by atoms with Gasteiger partial charge in [-0.25, -0.2) is 5.43 Å². The summed E-state index contributed by atoms with van der Waals surface area (Å²) in [5.74, 6) is -0.281. The van der Waals surface area contributed by atoms with Crippen molar-refractivity contribution < 1.29 is 9.59 Å². The van der Waals surface area contributed by atoms with Gasteiger partial charge in [-0.2, -0.15) is 5.10 Å². The van der Waals surface area contributed by atoms with Gasteiger partial charge >= 0.3 is 0 Å². The number of hydrogen-bond acceptors (Lipinski definition) is 3. The van der Waals surface area contributed by atoms with Gasteiger partial charge in [0.1, 0.15) is 0 Å². The van der Waals surface area contributed by atoms with Crippen molar-refractivity contribution in [2.24, 2.45) is 5.10 Å². The molecule has 1 aliphatic rings. The van der Waals surface area contributed by atoms with Crippen molar-refractivity contribution in [1.29, 1.82) is 0 Å². The van der Waals surface area contributed by atoms with Crippen molar-refractivity contribution in [3.8, 4) is 0 Å². The number of carbonyl (C=O) groups is 2. The monoisotopic (exact) mass is 531 g/mol. The Balaban J connectivity index is 1.29. The maximum atomic E-state index is 13.0. The van der Waals surface area contributed by atoms with E-state index in [9.17, 15) is 9.59 Å². The lowest BCUT2D eigenvalue weighted by Gasteiger charge is -2.18. The van der Waals surface area contributed by atoms with E-state index < -0.39 is 0 Å². The number of rotatable bonds is 5. The smallest absolute Gasteiger partial charge is 0.271 e. The van der Waals surface area contributed by atoms with Gasteiger partial charge in [-0.3, -0.25) is 9.59 Å². The summed E-state index contributed by atoms with van der Waals surface area (Å²) in [7, 11) is 0. The Morgan fingerprint density at radius 2 is 1.69 bits per heavy atom. The average Bonchev–Trinajstić information content (AvgIpc) is 3.09. The zero-order valence-electron chi connectivity index (χ0n) is 17.0. The molecular weight excluding hydrogens is 513 g/mol. The van der Waals surface area contributed by atoms with Gasteiger partial charge in [-0.15, -0.1) is 0 Å². The molecule has 0 aromatic heterocycles. The Hall–Kier alpha value is -3.52. The third-order valence-electron chi connectivity index (χ3n) is 5.48. The number of carbonyl (C=O) groups excluding carboxylic acids is 2. The van der Waals surface area contributed by atoms with Crippen molar-refractivity contribution in [3.05, 3.63) is 111 Å². The van der Waals surface area contributed by atoms with Gasteiger partial charge in [0, 0.05) is 25.6 Å². The minimum absolute atomic E-state index is 0.00324. The van der Waals surface area contributed by atoms with E-state index >= 15 is 0 Å². The molecule has 0 spiro atoms. The van der Waals surface area contributed by atoms with E-state index in [0.717, 1.165) is 36.7 Å². The number of halogens is 1. The summed E-state index contributed by atoms with van der Waals surface area (Å²) < 4.78 is 1.06. The molecule has 5 nitrogen and oxygen atoms in total. The largest absolute Gasteiger partial charge is 0.303 e. The van der Waals surface area contributed by atoms with Gasteiger partial charge in [0.25, 0.3) is 11.8 Å². The lowest BCUT2D eigenvalue weighted by atomic mass is 10.1. The molecule has 0 fully saturated rings. The predicted molar refractivity (Wildman–Crippen MR) is 135 cm³/mol. The molecule has 1 N–H and O–H groups in total. The quantitative estimate of drug-likeness (QED) is 0.214. The van der Waals surface area contributed by atoms with E-state index in [0.29, 0.717) is 12.1 Å². The lowest BCUT2D eigenvalue weighted by molar-refractivity contribution is 0.0953. The SMILES string of the molecule is O=C(NN=Cc1ccccc1I)c1ccc(CN2C(=O)c3cccc4cccc2c34)cc1. The third-order valence-corrected chi connectivity index (χ3v) is 6.46. The molecule has 6 heteroatoms. The van der Waals surface area contributed by atoms with Crippen molar-refractivity contribution in [3.63, 3.8) is 0 Å². The third kappa shape index (κ3) is 3.78. The lowest BCUT2D eigenvalue weighted by Crippen LogP contribution is -2.26. The van der Waals surface area contributed by atoms with Crippen LogP contribution in [0.25, 0.3) is 10.8 Å². The van der Waals surface area contributed by atoms with E-state index in [1.54, 1.807) is 23.2 Å². The number of nitrogens with one attached hydrogen (secondary N) is 1. The molecule has 2 amide bonds. The molecule has 0 unspecified atom stereocenters. The van der Waals surface area contributed by atoms with Gasteiger partial charge in [-0.05, 0) is 63.9 Å². The van der Waals surface area contributed by atoms with Gasteiger partial charge < -0.3 is 4.90 Å². The van der Waals surface area contributed by atoms with Crippen molar-refractivity contribution in [2.75, 3.05) is 4.90 Å². The van der Waals surface area contributed by atoms with Crippen molar-refractivity contribution in [1.82, 2.24) is 5.43 Å². The van der Waals surface area contributed by atoms with E-state index in [4.69, 9.17) is 0 Å². The van der Waals surface area contributed by atoms with Crippen LogP contribution in [0.3, 0.4) is 0 Å². The Morgan fingerprint density at radius 3 is 2.47 bits per heavy atom. The maximum Gasteiger partial charge on any atom is 0.271 e. The molecule has 0 saturated carbocycles. The fourth-order valence-corrected chi connectivity index (χ4v) is 4.41. The second-order valence-corrected chi connectivity index (χ2v) is 8.65. The van der Waals surface area contributed by atoms with Crippen LogP contribution in [0.4, 0.5) is 5.69 Å². The molecule has 4 aromatic rings. The number of anilines is 1. The van der Waals surface area contributed by atoms with Gasteiger partial charge in [-0.1, -0.05) is 54.6 Å².